The summed E-state index contributed by atoms with van der Waals surface area (Å²) in [6.45, 7) is 2.15. The Bertz CT molecular complexity index is 31.7. The van der Waals surface area contributed by atoms with Gasteiger partial charge in [0.05, 0.1) is 13.2 Å². The zero-order valence-corrected chi connectivity index (χ0v) is 8.77. The molecule has 0 aromatic carbocycles. The molecule has 0 bridgehead atoms. The Morgan fingerprint density at radius 3 is 1.00 bits per heavy atom. The molecule has 0 saturated heterocycles. The lowest BCUT2D eigenvalue weighted by atomic mass is 10.4. The highest BCUT2D eigenvalue weighted by atomic mass is 16.3. The summed E-state index contributed by atoms with van der Waals surface area (Å²) in [6, 6.07) is 0. The van der Waals surface area contributed by atoms with Gasteiger partial charge in [0.1, 0.15) is 0 Å². The first-order chi connectivity index (χ1) is 6.33. The smallest absolute Gasteiger partial charge is 0.0662 e. The highest BCUT2D eigenvalue weighted by molar-refractivity contribution is 4.23. The molecule has 5 nitrogen and oxygen atoms in total. The van der Waals surface area contributed by atoms with E-state index < -0.39 is 0 Å². The fraction of sp³-hybridized carbons (Fsp3) is 1.00. The second-order valence-electron chi connectivity index (χ2n) is 1.52. The van der Waals surface area contributed by atoms with E-state index in [0.29, 0.717) is 6.61 Å². The number of aliphatic hydroxyl groups is 5. The van der Waals surface area contributed by atoms with Gasteiger partial charge in [0, 0.05) is 20.8 Å². The lowest BCUT2D eigenvalue weighted by molar-refractivity contribution is 0.186. The first-order valence-electron chi connectivity index (χ1n) is 4.05. The molecule has 0 fully saturated rings. The van der Waals surface area contributed by atoms with E-state index in [-0.39, 0.29) is 13.2 Å². The molecule has 0 amide bonds. The van der Waals surface area contributed by atoms with Crippen molar-refractivity contribution < 1.29 is 25.5 Å². The van der Waals surface area contributed by atoms with Crippen LogP contribution in [0.1, 0.15) is 19.8 Å². The summed E-state index contributed by atoms with van der Waals surface area (Å²) in [7, 11) is 2.00. The molecule has 0 aliphatic rings. The van der Waals surface area contributed by atoms with E-state index in [2.05, 4.69) is 6.92 Å². The van der Waals surface area contributed by atoms with Crippen molar-refractivity contribution in [3.8, 4) is 0 Å². The van der Waals surface area contributed by atoms with Crippen molar-refractivity contribution in [2.75, 3.05) is 34.0 Å². The fourth-order valence-electron chi connectivity index (χ4n) is 0.158. The summed E-state index contributed by atoms with van der Waals surface area (Å²) < 4.78 is 0. The molecule has 0 unspecified atom stereocenters. The van der Waals surface area contributed by atoms with E-state index >= 15 is 0 Å². The third kappa shape index (κ3) is 145. The van der Waals surface area contributed by atoms with E-state index in [1.54, 1.807) is 0 Å². The molecule has 5 heteroatoms. The zero-order valence-electron chi connectivity index (χ0n) is 8.77. The van der Waals surface area contributed by atoms with Crippen LogP contribution in [0.2, 0.25) is 0 Å². The van der Waals surface area contributed by atoms with Crippen LogP contribution in [0.5, 0.6) is 0 Å². The van der Waals surface area contributed by atoms with Gasteiger partial charge in [-0.3, -0.25) is 0 Å². The number of rotatable bonds is 3. The second-order valence-corrected chi connectivity index (χ2v) is 1.52. The van der Waals surface area contributed by atoms with Gasteiger partial charge in [-0.15, -0.1) is 0 Å². The van der Waals surface area contributed by atoms with Crippen molar-refractivity contribution in [2.45, 2.75) is 19.8 Å². The van der Waals surface area contributed by atoms with E-state index in [9.17, 15) is 0 Å². The van der Waals surface area contributed by atoms with Gasteiger partial charge in [0.15, 0.2) is 0 Å². The number of hydrogen-bond donors (Lipinski definition) is 5. The van der Waals surface area contributed by atoms with Crippen molar-refractivity contribution in [3.63, 3.8) is 0 Å². The molecule has 13 heavy (non-hydrogen) atoms. The molecule has 0 saturated carbocycles. The largest absolute Gasteiger partial charge is 0.400 e. The van der Waals surface area contributed by atoms with Crippen LogP contribution < -0.4 is 0 Å². The minimum Gasteiger partial charge on any atom is -0.400 e. The average molecular weight is 200 g/mol. The van der Waals surface area contributed by atoms with Crippen molar-refractivity contribution in [3.05, 3.63) is 0 Å². The first-order valence-corrected chi connectivity index (χ1v) is 4.05. The summed E-state index contributed by atoms with van der Waals surface area (Å²) in [5, 5.41) is 37.3. The Hall–Kier alpha value is -0.200. The van der Waals surface area contributed by atoms with Gasteiger partial charge in [0.2, 0.25) is 0 Å². The van der Waals surface area contributed by atoms with E-state index in [1.807, 2.05) is 0 Å². The van der Waals surface area contributed by atoms with Crippen LogP contribution in [0.25, 0.3) is 0 Å². The first kappa shape index (κ1) is 23.0. The monoisotopic (exact) mass is 200 g/mol. The maximum atomic E-state index is 8.07. The van der Waals surface area contributed by atoms with Crippen LogP contribution >= 0.6 is 0 Å². The lowest BCUT2D eigenvalue weighted by Crippen LogP contribution is -1.85. The van der Waals surface area contributed by atoms with E-state index in [1.165, 1.54) is 0 Å². The summed E-state index contributed by atoms with van der Waals surface area (Å²) in [6.07, 6.45) is 2.04. The molecule has 0 rings (SSSR count). The minimum absolute atomic E-state index is 0.125. The molecule has 0 heterocycles. The van der Waals surface area contributed by atoms with Gasteiger partial charge in [-0.25, -0.2) is 0 Å². The summed E-state index contributed by atoms with van der Waals surface area (Å²) in [5.74, 6) is 0. The van der Waals surface area contributed by atoms with Crippen LogP contribution in [-0.4, -0.2) is 59.6 Å². The van der Waals surface area contributed by atoms with Crippen molar-refractivity contribution >= 4 is 0 Å². The Morgan fingerprint density at radius 2 is 1.00 bits per heavy atom. The van der Waals surface area contributed by atoms with Gasteiger partial charge >= 0.3 is 0 Å². The molecule has 0 aliphatic carbocycles. The van der Waals surface area contributed by atoms with Crippen LogP contribution in [0.4, 0.5) is 0 Å². The van der Waals surface area contributed by atoms with E-state index in [4.69, 9.17) is 25.5 Å². The average Bonchev–Trinajstić information content (AvgIpc) is 2.25. The SMILES string of the molecule is CCCCO.CO.CO.OCCO. The van der Waals surface area contributed by atoms with E-state index in [0.717, 1.165) is 27.1 Å². The summed E-state index contributed by atoms with van der Waals surface area (Å²) >= 11 is 0. The van der Waals surface area contributed by atoms with Crippen LogP contribution in [0, 0.1) is 0 Å². The molecular weight excluding hydrogens is 176 g/mol. The predicted molar refractivity (Wildman–Crippen MR) is 52.5 cm³/mol. The highest BCUT2D eigenvalue weighted by Crippen LogP contribution is 1.78. The molecule has 0 aromatic rings. The van der Waals surface area contributed by atoms with Crippen LogP contribution in [0.15, 0.2) is 0 Å². The summed E-state index contributed by atoms with van der Waals surface area (Å²) in [5.41, 5.74) is 0. The molecule has 0 radical (unpaired) electrons. The topological polar surface area (TPSA) is 101 Å². The van der Waals surface area contributed by atoms with Gasteiger partial charge < -0.3 is 25.5 Å². The Kier molecular flexibility index (Phi) is 106. The molecule has 0 atom stereocenters. The number of hydrogen-bond acceptors (Lipinski definition) is 5. The van der Waals surface area contributed by atoms with Crippen molar-refractivity contribution in [1.82, 2.24) is 0 Å². The Balaban J connectivity index is -0.0000000457. The molecule has 5 N–H and O–H groups in total. The molecule has 86 valence electrons. The van der Waals surface area contributed by atoms with Gasteiger partial charge in [-0.1, -0.05) is 13.3 Å². The molecule has 0 aromatic heterocycles. The third-order valence-corrected chi connectivity index (χ3v) is 0.612. The fourth-order valence-corrected chi connectivity index (χ4v) is 0.158. The molecular formula is C8H24O5. The summed E-state index contributed by atoms with van der Waals surface area (Å²) in [4.78, 5) is 0. The van der Waals surface area contributed by atoms with Crippen LogP contribution in [-0.2, 0) is 0 Å². The predicted octanol–water partition coefficient (Wildman–Crippen LogP) is -1.03. The Morgan fingerprint density at radius 1 is 0.692 bits per heavy atom. The van der Waals surface area contributed by atoms with Crippen molar-refractivity contribution in [1.29, 1.82) is 0 Å². The van der Waals surface area contributed by atoms with Gasteiger partial charge in [0.25, 0.3) is 0 Å². The van der Waals surface area contributed by atoms with Gasteiger partial charge in [-0.2, -0.15) is 0 Å². The maximum absolute atomic E-state index is 8.07. The minimum atomic E-state index is -0.125. The maximum Gasteiger partial charge on any atom is 0.0662 e. The van der Waals surface area contributed by atoms with Crippen molar-refractivity contribution in [2.24, 2.45) is 0 Å². The zero-order chi connectivity index (χ0) is 11.5. The quantitative estimate of drug-likeness (QED) is 0.401. The molecule has 0 aliphatic heterocycles. The number of aliphatic hydroxyl groups excluding tert-OH is 5. The number of unbranched alkanes of at least 4 members (excludes halogenated alkanes) is 1. The van der Waals surface area contributed by atoms with Crippen LogP contribution in [0.3, 0.4) is 0 Å². The standard InChI is InChI=1S/C4H10O.C2H6O2.2CH4O/c1-2-3-4-5;3-1-2-4;2*1-2/h5H,2-4H2,1H3;3-4H,1-2H2;2*2H,1H3. The highest BCUT2D eigenvalue weighted by Gasteiger charge is 1.69. The Labute approximate surface area is 80.3 Å². The normalized spacial score (nSPS) is 6.46. The molecule has 0 spiro atoms. The lowest BCUT2D eigenvalue weighted by Gasteiger charge is -1.79. The second kappa shape index (κ2) is 59.7. The third-order valence-electron chi connectivity index (χ3n) is 0.612. The van der Waals surface area contributed by atoms with Gasteiger partial charge in [-0.05, 0) is 6.42 Å².